The summed E-state index contributed by atoms with van der Waals surface area (Å²) in [7, 11) is 0. The molecule has 0 aliphatic carbocycles. The molecule has 2 aliphatic heterocycles. The van der Waals surface area contributed by atoms with Crippen molar-refractivity contribution in [2.75, 3.05) is 19.6 Å². The summed E-state index contributed by atoms with van der Waals surface area (Å²) in [4.78, 5) is 16.3. The Bertz CT molecular complexity index is 445. The van der Waals surface area contributed by atoms with Crippen LogP contribution in [0.5, 0.6) is 0 Å². The average Bonchev–Trinajstić information content (AvgIpc) is 2.81. The zero-order valence-corrected chi connectivity index (χ0v) is 11.6. The van der Waals surface area contributed by atoms with Crippen molar-refractivity contribution in [3.63, 3.8) is 0 Å². The van der Waals surface area contributed by atoms with Gasteiger partial charge in [0.05, 0.1) is 0 Å². The molecule has 0 aromatic heterocycles. The Morgan fingerprint density at radius 3 is 2.79 bits per heavy atom. The van der Waals surface area contributed by atoms with Gasteiger partial charge in [0.1, 0.15) is 0 Å². The molecule has 1 amide bonds. The first-order valence-corrected chi connectivity index (χ1v) is 7.27. The van der Waals surface area contributed by atoms with Crippen LogP contribution in [0.3, 0.4) is 0 Å². The van der Waals surface area contributed by atoms with Gasteiger partial charge in [-0.2, -0.15) is 0 Å². The third-order valence-electron chi connectivity index (χ3n) is 4.51. The van der Waals surface area contributed by atoms with E-state index in [2.05, 4.69) is 40.1 Å². The minimum Gasteiger partial charge on any atom is -0.338 e. The Morgan fingerprint density at radius 2 is 2.05 bits per heavy atom. The number of nitrogens with zero attached hydrogens (tertiary/aromatic N) is 2. The van der Waals surface area contributed by atoms with Gasteiger partial charge in [-0.25, -0.2) is 0 Å². The summed E-state index contributed by atoms with van der Waals surface area (Å²) >= 11 is 0. The predicted octanol–water partition coefficient (Wildman–Crippen LogP) is 2.13. The molecule has 2 fully saturated rings. The molecule has 2 heterocycles. The molecule has 0 radical (unpaired) electrons. The molecular weight excluding hydrogens is 236 g/mol. The van der Waals surface area contributed by atoms with Gasteiger partial charge >= 0.3 is 0 Å². The van der Waals surface area contributed by atoms with Crippen LogP contribution in [0.1, 0.15) is 25.3 Å². The van der Waals surface area contributed by atoms with Crippen molar-refractivity contribution >= 4 is 5.91 Å². The summed E-state index contributed by atoms with van der Waals surface area (Å²) in [5.74, 6) is 0.928. The van der Waals surface area contributed by atoms with Crippen LogP contribution in [0.25, 0.3) is 0 Å². The normalized spacial score (nSPS) is 27.3. The summed E-state index contributed by atoms with van der Waals surface area (Å²) < 4.78 is 0. The molecule has 102 valence electrons. The lowest BCUT2D eigenvalue weighted by atomic mass is 9.92. The SMILES string of the molecule is CC(=O)N1CCC[C@H]2CN(Cc3ccccc3)C[C@H]21. The Morgan fingerprint density at radius 1 is 1.26 bits per heavy atom. The zero-order chi connectivity index (χ0) is 13.2. The van der Waals surface area contributed by atoms with E-state index < -0.39 is 0 Å². The number of carbonyl (C=O) groups excluding carboxylic acids is 1. The summed E-state index contributed by atoms with van der Waals surface area (Å²) in [5, 5.41) is 0. The lowest BCUT2D eigenvalue weighted by molar-refractivity contribution is -0.133. The third-order valence-corrected chi connectivity index (χ3v) is 4.51. The van der Waals surface area contributed by atoms with E-state index in [4.69, 9.17) is 0 Å². The van der Waals surface area contributed by atoms with Crippen LogP contribution in [-0.2, 0) is 11.3 Å². The molecule has 0 spiro atoms. The van der Waals surface area contributed by atoms with E-state index >= 15 is 0 Å². The zero-order valence-electron chi connectivity index (χ0n) is 11.6. The monoisotopic (exact) mass is 258 g/mol. The second-order valence-corrected chi connectivity index (χ2v) is 5.86. The molecule has 0 saturated carbocycles. The molecule has 2 aliphatic rings. The van der Waals surface area contributed by atoms with Crippen LogP contribution in [0, 0.1) is 5.92 Å². The smallest absolute Gasteiger partial charge is 0.219 e. The predicted molar refractivity (Wildman–Crippen MR) is 75.6 cm³/mol. The Labute approximate surface area is 115 Å². The molecular formula is C16H22N2O. The van der Waals surface area contributed by atoms with Crippen molar-refractivity contribution in [3.8, 4) is 0 Å². The minimum atomic E-state index is 0.247. The fourth-order valence-corrected chi connectivity index (χ4v) is 3.63. The van der Waals surface area contributed by atoms with Gasteiger partial charge < -0.3 is 4.90 Å². The first-order valence-electron chi connectivity index (χ1n) is 7.27. The van der Waals surface area contributed by atoms with Gasteiger partial charge in [-0.3, -0.25) is 9.69 Å². The van der Waals surface area contributed by atoms with E-state index in [0.29, 0.717) is 12.0 Å². The van der Waals surface area contributed by atoms with Gasteiger partial charge in [-0.1, -0.05) is 30.3 Å². The molecule has 0 bridgehead atoms. The minimum absolute atomic E-state index is 0.247. The second-order valence-electron chi connectivity index (χ2n) is 5.86. The summed E-state index contributed by atoms with van der Waals surface area (Å²) in [6, 6.07) is 11.1. The molecule has 3 nitrogen and oxygen atoms in total. The quantitative estimate of drug-likeness (QED) is 0.811. The average molecular weight is 258 g/mol. The Kier molecular flexibility index (Phi) is 3.56. The van der Waals surface area contributed by atoms with Crippen LogP contribution < -0.4 is 0 Å². The summed E-state index contributed by atoms with van der Waals surface area (Å²) in [6.07, 6.45) is 2.44. The molecule has 2 atom stereocenters. The van der Waals surface area contributed by atoms with Crippen LogP contribution in [0.15, 0.2) is 30.3 Å². The van der Waals surface area contributed by atoms with Crippen LogP contribution in [-0.4, -0.2) is 41.4 Å². The van der Waals surface area contributed by atoms with Gasteiger partial charge in [-0.15, -0.1) is 0 Å². The standard InChI is InChI=1S/C16H22N2O/c1-13(19)18-9-5-8-15-11-17(12-16(15)18)10-14-6-3-2-4-7-14/h2-4,6-7,15-16H,5,8-12H2,1H3/t15-,16+/m0/s1. The number of carbonyl (C=O) groups is 1. The molecule has 1 aromatic rings. The maximum absolute atomic E-state index is 11.7. The largest absolute Gasteiger partial charge is 0.338 e. The highest BCUT2D eigenvalue weighted by Gasteiger charge is 2.39. The molecule has 0 unspecified atom stereocenters. The fourth-order valence-electron chi connectivity index (χ4n) is 3.63. The van der Waals surface area contributed by atoms with Crippen molar-refractivity contribution in [2.45, 2.75) is 32.4 Å². The van der Waals surface area contributed by atoms with Gasteiger partial charge in [0.25, 0.3) is 0 Å². The van der Waals surface area contributed by atoms with Crippen LogP contribution in [0.4, 0.5) is 0 Å². The fraction of sp³-hybridized carbons (Fsp3) is 0.562. The van der Waals surface area contributed by atoms with Gasteiger partial charge in [0.15, 0.2) is 0 Å². The maximum atomic E-state index is 11.7. The summed E-state index contributed by atoms with van der Waals surface area (Å²) in [5.41, 5.74) is 1.37. The lowest BCUT2D eigenvalue weighted by Crippen LogP contribution is -2.47. The first kappa shape index (κ1) is 12.7. The van der Waals surface area contributed by atoms with E-state index in [-0.39, 0.29) is 5.91 Å². The van der Waals surface area contributed by atoms with Crippen molar-refractivity contribution in [3.05, 3.63) is 35.9 Å². The molecule has 3 heteroatoms. The van der Waals surface area contributed by atoms with Crippen molar-refractivity contribution in [2.24, 2.45) is 5.92 Å². The summed E-state index contributed by atoms with van der Waals surface area (Å²) in [6.45, 7) is 5.86. The van der Waals surface area contributed by atoms with E-state index in [1.54, 1.807) is 6.92 Å². The van der Waals surface area contributed by atoms with Crippen LogP contribution in [0.2, 0.25) is 0 Å². The van der Waals surface area contributed by atoms with Gasteiger partial charge in [0.2, 0.25) is 5.91 Å². The van der Waals surface area contributed by atoms with Crippen LogP contribution >= 0.6 is 0 Å². The van der Waals surface area contributed by atoms with Crippen molar-refractivity contribution in [1.82, 2.24) is 9.80 Å². The number of hydrogen-bond acceptors (Lipinski definition) is 2. The van der Waals surface area contributed by atoms with Gasteiger partial charge in [0, 0.05) is 39.1 Å². The van der Waals surface area contributed by atoms with Crippen molar-refractivity contribution in [1.29, 1.82) is 0 Å². The van der Waals surface area contributed by atoms with E-state index in [1.807, 2.05) is 0 Å². The highest BCUT2D eigenvalue weighted by Crippen LogP contribution is 2.31. The molecule has 0 N–H and O–H groups in total. The highest BCUT2D eigenvalue weighted by molar-refractivity contribution is 5.73. The number of rotatable bonds is 2. The molecule has 2 saturated heterocycles. The van der Waals surface area contributed by atoms with E-state index in [1.165, 1.54) is 18.4 Å². The number of hydrogen-bond donors (Lipinski definition) is 0. The van der Waals surface area contributed by atoms with E-state index in [9.17, 15) is 4.79 Å². The highest BCUT2D eigenvalue weighted by atomic mass is 16.2. The molecule has 19 heavy (non-hydrogen) atoms. The lowest BCUT2D eigenvalue weighted by Gasteiger charge is -2.36. The molecule has 3 rings (SSSR count). The number of amides is 1. The Hall–Kier alpha value is -1.35. The third kappa shape index (κ3) is 2.66. The number of fused-ring (bicyclic) bond motifs is 1. The van der Waals surface area contributed by atoms with E-state index in [0.717, 1.165) is 26.2 Å². The van der Waals surface area contributed by atoms with Crippen molar-refractivity contribution < 1.29 is 4.79 Å². The number of likely N-dealkylation sites (tertiary alicyclic amines) is 2. The first-order chi connectivity index (χ1) is 9.24. The molecule has 1 aromatic carbocycles. The number of piperidine rings is 1. The maximum Gasteiger partial charge on any atom is 0.219 e. The second kappa shape index (κ2) is 5.33. The Balaban J connectivity index is 1.67. The van der Waals surface area contributed by atoms with Gasteiger partial charge in [-0.05, 0) is 24.3 Å². The number of benzene rings is 1. The topological polar surface area (TPSA) is 23.6 Å².